The Kier molecular flexibility index (Phi) is 5.47. The number of nitrogens with one attached hydrogen (secondary N) is 1. The van der Waals surface area contributed by atoms with E-state index in [-0.39, 0.29) is 6.09 Å². The molecule has 1 aliphatic heterocycles. The number of amides is 1. The van der Waals surface area contributed by atoms with Crippen molar-refractivity contribution in [3.63, 3.8) is 0 Å². The van der Waals surface area contributed by atoms with Crippen LogP contribution in [0, 0.1) is 0 Å². The van der Waals surface area contributed by atoms with Crippen LogP contribution >= 0.6 is 0 Å². The van der Waals surface area contributed by atoms with Gasteiger partial charge in [0.05, 0.1) is 0 Å². The molecule has 2 rings (SSSR count). The first-order valence-corrected chi connectivity index (χ1v) is 7.92. The number of alkyl carbamates (subject to hydrolysis) is 1. The van der Waals surface area contributed by atoms with Gasteiger partial charge in [-0.05, 0) is 51.3 Å². The lowest BCUT2D eigenvalue weighted by Crippen LogP contribution is -2.32. The molecule has 0 unspecified atom stereocenters. The maximum Gasteiger partial charge on any atom is 0.407 e. The molecule has 1 amide bonds. The van der Waals surface area contributed by atoms with Crippen LogP contribution in [0.3, 0.4) is 0 Å². The van der Waals surface area contributed by atoms with Gasteiger partial charge < -0.3 is 15.0 Å². The van der Waals surface area contributed by atoms with Gasteiger partial charge in [0.2, 0.25) is 0 Å². The van der Waals surface area contributed by atoms with E-state index in [1.807, 2.05) is 32.9 Å². The predicted octanol–water partition coefficient (Wildman–Crippen LogP) is 3.82. The summed E-state index contributed by atoms with van der Waals surface area (Å²) >= 11 is 0. The van der Waals surface area contributed by atoms with Crippen LogP contribution in [0.1, 0.15) is 39.2 Å². The highest BCUT2D eigenvalue weighted by Gasteiger charge is 2.15. The Morgan fingerprint density at radius 1 is 1.32 bits per heavy atom. The van der Waals surface area contributed by atoms with Gasteiger partial charge in [-0.3, -0.25) is 0 Å². The van der Waals surface area contributed by atoms with E-state index in [0.717, 1.165) is 18.7 Å². The van der Waals surface area contributed by atoms with E-state index in [4.69, 9.17) is 4.74 Å². The van der Waals surface area contributed by atoms with Gasteiger partial charge in [-0.2, -0.15) is 0 Å². The highest BCUT2D eigenvalue weighted by Crippen LogP contribution is 2.21. The summed E-state index contributed by atoms with van der Waals surface area (Å²) in [5, 5.41) is 2.72. The molecule has 1 N–H and O–H groups in total. The SMILES string of the molecule is CC(C)(C)OC(=O)NCC=Cc1cccc(N2CCCC2)c1. The number of carbonyl (C=O) groups excluding carboxylic acids is 1. The lowest BCUT2D eigenvalue weighted by molar-refractivity contribution is 0.0534. The molecule has 1 aromatic carbocycles. The molecule has 1 heterocycles. The maximum absolute atomic E-state index is 11.5. The third-order valence-electron chi connectivity index (χ3n) is 3.41. The molecule has 1 fully saturated rings. The number of ether oxygens (including phenoxy) is 1. The summed E-state index contributed by atoms with van der Waals surface area (Å²) in [4.78, 5) is 13.9. The highest BCUT2D eigenvalue weighted by molar-refractivity contribution is 5.68. The third-order valence-corrected chi connectivity index (χ3v) is 3.41. The standard InChI is InChI=1S/C18H26N2O2/c1-18(2,3)22-17(21)19-11-7-9-15-8-6-10-16(14-15)20-12-4-5-13-20/h6-10,14H,4-5,11-13H2,1-3H3,(H,19,21). The summed E-state index contributed by atoms with van der Waals surface area (Å²) in [5.41, 5.74) is 1.97. The predicted molar refractivity (Wildman–Crippen MR) is 91.2 cm³/mol. The number of carbonyl (C=O) groups is 1. The molecule has 0 saturated carbocycles. The molecule has 0 aromatic heterocycles. The van der Waals surface area contributed by atoms with Crippen molar-refractivity contribution in [2.45, 2.75) is 39.2 Å². The molecule has 120 valence electrons. The fourth-order valence-corrected chi connectivity index (χ4v) is 2.45. The van der Waals surface area contributed by atoms with Crippen molar-refractivity contribution in [3.8, 4) is 0 Å². The molecular weight excluding hydrogens is 276 g/mol. The Bertz CT molecular complexity index is 526. The minimum Gasteiger partial charge on any atom is -0.444 e. The summed E-state index contributed by atoms with van der Waals surface area (Å²) in [6, 6.07) is 8.50. The van der Waals surface area contributed by atoms with Crippen molar-refractivity contribution < 1.29 is 9.53 Å². The maximum atomic E-state index is 11.5. The fraction of sp³-hybridized carbons (Fsp3) is 0.500. The van der Waals surface area contributed by atoms with E-state index in [1.165, 1.54) is 18.5 Å². The van der Waals surface area contributed by atoms with E-state index < -0.39 is 5.60 Å². The van der Waals surface area contributed by atoms with Crippen molar-refractivity contribution in [3.05, 3.63) is 35.9 Å². The number of anilines is 1. The first-order chi connectivity index (χ1) is 10.4. The second-order valence-electron chi connectivity index (χ2n) is 6.57. The average molecular weight is 302 g/mol. The number of benzene rings is 1. The minimum absolute atomic E-state index is 0.386. The average Bonchev–Trinajstić information content (AvgIpc) is 2.96. The number of rotatable bonds is 4. The molecule has 22 heavy (non-hydrogen) atoms. The second-order valence-corrected chi connectivity index (χ2v) is 6.57. The topological polar surface area (TPSA) is 41.6 Å². The quantitative estimate of drug-likeness (QED) is 0.919. The zero-order chi connectivity index (χ0) is 16.0. The molecule has 1 saturated heterocycles. The molecule has 0 spiro atoms. The monoisotopic (exact) mass is 302 g/mol. The number of hydrogen-bond donors (Lipinski definition) is 1. The first-order valence-electron chi connectivity index (χ1n) is 7.92. The van der Waals surface area contributed by atoms with Crippen molar-refractivity contribution in [1.82, 2.24) is 5.32 Å². The molecule has 4 heteroatoms. The third kappa shape index (κ3) is 5.43. The van der Waals surface area contributed by atoms with E-state index in [0.29, 0.717) is 6.54 Å². The summed E-state index contributed by atoms with van der Waals surface area (Å²) in [6.45, 7) is 8.31. The van der Waals surface area contributed by atoms with Gasteiger partial charge in [-0.15, -0.1) is 0 Å². The van der Waals surface area contributed by atoms with Gasteiger partial charge in [-0.25, -0.2) is 4.79 Å². The van der Waals surface area contributed by atoms with Crippen LogP contribution in [-0.2, 0) is 4.74 Å². The van der Waals surface area contributed by atoms with Gasteiger partial charge in [-0.1, -0.05) is 24.3 Å². The largest absolute Gasteiger partial charge is 0.444 e. The normalized spacial score (nSPS) is 15.3. The van der Waals surface area contributed by atoms with Gasteiger partial charge in [0.25, 0.3) is 0 Å². The molecular formula is C18H26N2O2. The Morgan fingerprint density at radius 3 is 2.73 bits per heavy atom. The van der Waals surface area contributed by atoms with E-state index in [9.17, 15) is 4.79 Å². The lowest BCUT2D eigenvalue weighted by Gasteiger charge is -2.19. The van der Waals surface area contributed by atoms with Crippen LogP contribution in [0.4, 0.5) is 10.5 Å². The molecule has 0 atom stereocenters. The van der Waals surface area contributed by atoms with E-state index in [1.54, 1.807) is 0 Å². The van der Waals surface area contributed by atoms with Gasteiger partial charge in [0, 0.05) is 25.3 Å². The number of hydrogen-bond acceptors (Lipinski definition) is 3. The van der Waals surface area contributed by atoms with Gasteiger partial charge >= 0.3 is 6.09 Å². The van der Waals surface area contributed by atoms with Gasteiger partial charge in [0.1, 0.15) is 5.60 Å². The van der Waals surface area contributed by atoms with E-state index in [2.05, 4.69) is 34.5 Å². The van der Waals surface area contributed by atoms with Crippen LogP contribution in [0.2, 0.25) is 0 Å². The Hall–Kier alpha value is -1.97. The zero-order valence-electron chi connectivity index (χ0n) is 13.8. The van der Waals surface area contributed by atoms with Crippen LogP contribution in [0.25, 0.3) is 6.08 Å². The molecule has 1 aliphatic rings. The van der Waals surface area contributed by atoms with Crippen LogP contribution in [0.15, 0.2) is 30.3 Å². The second kappa shape index (κ2) is 7.34. The van der Waals surface area contributed by atoms with Crippen molar-refractivity contribution in [1.29, 1.82) is 0 Å². The fourth-order valence-electron chi connectivity index (χ4n) is 2.45. The minimum atomic E-state index is -0.460. The van der Waals surface area contributed by atoms with Crippen molar-refractivity contribution in [2.24, 2.45) is 0 Å². The molecule has 4 nitrogen and oxygen atoms in total. The summed E-state index contributed by atoms with van der Waals surface area (Å²) < 4.78 is 5.19. The van der Waals surface area contributed by atoms with Crippen LogP contribution in [-0.4, -0.2) is 31.3 Å². The highest BCUT2D eigenvalue weighted by atomic mass is 16.6. The van der Waals surface area contributed by atoms with Gasteiger partial charge in [0.15, 0.2) is 0 Å². The number of nitrogens with zero attached hydrogens (tertiary/aromatic N) is 1. The van der Waals surface area contributed by atoms with Crippen molar-refractivity contribution in [2.75, 3.05) is 24.5 Å². The molecule has 0 radical (unpaired) electrons. The Balaban J connectivity index is 1.83. The first kappa shape index (κ1) is 16.4. The molecule has 0 bridgehead atoms. The summed E-state index contributed by atoms with van der Waals surface area (Å²) in [7, 11) is 0. The Labute approximate surface area is 133 Å². The smallest absolute Gasteiger partial charge is 0.407 e. The lowest BCUT2D eigenvalue weighted by atomic mass is 10.1. The van der Waals surface area contributed by atoms with E-state index >= 15 is 0 Å². The summed E-state index contributed by atoms with van der Waals surface area (Å²) in [6.07, 6.45) is 6.13. The zero-order valence-corrected chi connectivity index (χ0v) is 13.8. The van der Waals surface area contributed by atoms with Crippen LogP contribution in [0.5, 0.6) is 0 Å². The molecule has 0 aliphatic carbocycles. The Morgan fingerprint density at radius 2 is 2.05 bits per heavy atom. The van der Waals surface area contributed by atoms with Crippen molar-refractivity contribution >= 4 is 17.9 Å². The van der Waals surface area contributed by atoms with Crippen LogP contribution < -0.4 is 10.2 Å². The summed E-state index contributed by atoms with van der Waals surface area (Å²) in [5.74, 6) is 0. The molecule has 1 aromatic rings.